The van der Waals surface area contributed by atoms with Gasteiger partial charge in [-0.05, 0) is 5.56 Å². The molecular formula is C15H16N4O4S. The summed E-state index contributed by atoms with van der Waals surface area (Å²) in [7, 11) is 0. The van der Waals surface area contributed by atoms with Gasteiger partial charge in [0.1, 0.15) is 5.25 Å². The molecule has 1 heterocycles. The minimum Gasteiger partial charge on any atom is -0.481 e. The summed E-state index contributed by atoms with van der Waals surface area (Å²) >= 11 is 1.12. The fourth-order valence-corrected chi connectivity index (χ4v) is 2.75. The molecule has 1 aliphatic heterocycles. The molecule has 1 fully saturated rings. The second kappa shape index (κ2) is 8.82. The summed E-state index contributed by atoms with van der Waals surface area (Å²) in [5.74, 6) is -1.69. The van der Waals surface area contributed by atoms with E-state index in [0.717, 1.165) is 17.3 Å². The van der Waals surface area contributed by atoms with Crippen molar-refractivity contribution in [3.63, 3.8) is 0 Å². The van der Waals surface area contributed by atoms with Crippen molar-refractivity contribution in [1.29, 1.82) is 0 Å². The van der Waals surface area contributed by atoms with Crippen LogP contribution in [-0.2, 0) is 14.4 Å². The fourth-order valence-electron chi connectivity index (χ4n) is 1.82. The zero-order chi connectivity index (χ0) is 17.4. The van der Waals surface area contributed by atoms with Crippen LogP contribution in [0, 0.1) is 0 Å². The number of thioether (sulfide) groups is 1. The van der Waals surface area contributed by atoms with Gasteiger partial charge in [-0.3, -0.25) is 14.4 Å². The van der Waals surface area contributed by atoms with E-state index in [1.54, 1.807) is 6.21 Å². The molecule has 0 radical (unpaired) electrons. The Morgan fingerprint density at radius 1 is 1.33 bits per heavy atom. The molecular weight excluding hydrogens is 332 g/mol. The van der Waals surface area contributed by atoms with Gasteiger partial charge in [0.05, 0.1) is 12.6 Å². The molecule has 0 aliphatic carbocycles. The molecule has 1 unspecified atom stereocenters. The Labute approximate surface area is 142 Å². The van der Waals surface area contributed by atoms with Crippen molar-refractivity contribution in [3.8, 4) is 0 Å². The first kappa shape index (κ1) is 17.7. The molecule has 0 aromatic heterocycles. The van der Waals surface area contributed by atoms with E-state index in [2.05, 4.69) is 20.8 Å². The number of carbonyl (C=O) groups is 3. The fraction of sp³-hybridized carbons (Fsp3) is 0.267. The third-order valence-corrected chi connectivity index (χ3v) is 4.04. The Kier molecular flexibility index (Phi) is 6.50. The van der Waals surface area contributed by atoms with Gasteiger partial charge < -0.3 is 15.7 Å². The van der Waals surface area contributed by atoms with Crippen molar-refractivity contribution < 1.29 is 19.5 Å². The van der Waals surface area contributed by atoms with E-state index in [4.69, 9.17) is 5.11 Å². The second-order valence-corrected chi connectivity index (χ2v) is 6.05. The number of benzene rings is 1. The molecule has 3 N–H and O–H groups in total. The molecule has 0 bridgehead atoms. The van der Waals surface area contributed by atoms with Crippen molar-refractivity contribution in [2.45, 2.75) is 18.1 Å². The number of amidine groups is 1. The molecule has 24 heavy (non-hydrogen) atoms. The van der Waals surface area contributed by atoms with Crippen LogP contribution < -0.4 is 10.6 Å². The van der Waals surface area contributed by atoms with Gasteiger partial charge in [-0.25, -0.2) is 0 Å². The Balaban J connectivity index is 1.82. The van der Waals surface area contributed by atoms with Crippen molar-refractivity contribution in [2.24, 2.45) is 10.2 Å². The number of carboxylic acids is 1. The van der Waals surface area contributed by atoms with Crippen LogP contribution in [0.15, 0.2) is 40.5 Å². The van der Waals surface area contributed by atoms with E-state index in [9.17, 15) is 14.4 Å². The lowest BCUT2D eigenvalue weighted by Crippen LogP contribution is -2.32. The first-order valence-electron chi connectivity index (χ1n) is 7.16. The van der Waals surface area contributed by atoms with E-state index < -0.39 is 11.2 Å². The molecule has 0 saturated carbocycles. The Bertz CT molecular complexity index is 675. The molecule has 2 amide bonds. The number of carbonyl (C=O) groups excluding carboxylic acids is 2. The lowest BCUT2D eigenvalue weighted by molar-refractivity contribution is -0.137. The van der Waals surface area contributed by atoms with E-state index in [1.165, 1.54) is 0 Å². The van der Waals surface area contributed by atoms with Gasteiger partial charge in [0.25, 0.3) is 0 Å². The molecule has 2 rings (SSSR count). The van der Waals surface area contributed by atoms with Crippen LogP contribution in [0.3, 0.4) is 0 Å². The molecule has 1 saturated heterocycles. The van der Waals surface area contributed by atoms with Gasteiger partial charge in [-0.15, -0.1) is 5.10 Å². The standard InChI is InChI=1S/C15H16N4O4S/c20-12(16-7-6-13(21)22)8-11-14(23)18-15(24-11)19-17-9-10-4-2-1-3-5-10/h1-5,9,11H,6-8H2,(H,16,20)(H,21,22)(H,18,19,23)/b17-9+. The quantitative estimate of drug-likeness (QED) is 0.492. The molecule has 1 aliphatic rings. The number of aliphatic carboxylic acids is 1. The van der Waals surface area contributed by atoms with Gasteiger partial charge in [-0.1, -0.05) is 42.1 Å². The van der Waals surface area contributed by atoms with Crippen molar-refractivity contribution in [1.82, 2.24) is 10.6 Å². The maximum absolute atomic E-state index is 11.8. The molecule has 0 spiro atoms. The minimum absolute atomic E-state index is 0.0372. The van der Waals surface area contributed by atoms with E-state index in [0.29, 0.717) is 5.17 Å². The van der Waals surface area contributed by atoms with Gasteiger partial charge >= 0.3 is 5.97 Å². The zero-order valence-corrected chi connectivity index (χ0v) is 13.5. The van der Waals surface area contributed by atoms with Crippen LogP contribution in [-0.4, -0.2) is 46.1 Å². The van der Waals surface area contributed by atoms with Crippen LogP contribution in [0.25, 0.3) is 0 Å². The first-order chi connectivity index (χ1) is 11.5. The number of hydrogen-bond donors (Lipinski definition) is 3. The highest BCUT2D eigenvalue weighted by Crippen LogP contribution is 2.22. The smallest absolute Gasteiger partial charge is 0.305 e. The normalized spacial score (nSPS) is 18.8. The largest absolute Gasteiger partial charge is 0.481 e. The Morgan fingerprint density at radius 3 is 2.79 bits per heavy atom. The topological polar surface area (TPSA) is 120 Å². The number of hydrogen-bond acceptors (Lipinski definition) is 6. The monoisotopic (exact) mass is 348 g/mol. The van der Waals surface area contributed by atoms with E-state index in [-0.39, 0.29) is 31.2 Å². The average molecular weight is 348 g/mol. The molecule has 9 heteroatoms. The molecule has 126 valence electrons. The summed E-state index contributed by atoms with van der Waals surface area (Å²) in [5, 5.41) is 21.1. The number of rotatable bonds is 7. The summed E-state index contributed by atoms with van der Waals surface area (Å²) in [5.41, 5.74) is 0.880. The Hall–Kier alpha value is -2.68. The molecule has 1 aromatic carbocycles. The van der Waals surface area contributed by atoms with E-state index >= 15 is 0 Å². The maximum Gasteiger partial charge on any atom is 0.305 e. The van der Waals surface area contributed by atoms with Crippen LogP contribution in [0.2, 0.25) is 0 Å². The number of nitrogens with zero attached hydrogens (tertiary/aromatic N) is 2. The van der Waals surface area contributed by atoms with Crippen LogP contribution in [0.1, 0.15) is 18.4 Å². The van der Waals surface area contributed by atoms with Gasteiger partial charge in [-0.2, -0.15) is 5.10 Å². The summed E-state index contributed by atoms with van der Waals surface area (Å²) in [6.07, 6.45) is 1.36. The summed E-state index contributed by atoms with van der Waals surface area (Å²) < 4.78 is 0. The third-order valence-electron chi connectivity index (χ3n) is 2.96. The third kappa shape index (κ3) is 5.84. The van der Waals surface area contributed by atoms with Gasteiger partial charge in [0.2, 0.25) is 11.8 Å². The number of amides is 2. The van der Waals surface area contributed by atoms with Crippen molar-refractivity contribution in [3.05, 3.63) is 35.9 Å². The summed E-state index contributed by atoms with van der Waals surface area (Å²) in [6, 6.07) is 9.38. The highest BCUT2D eigenvalue weighted by Gasteiger charge is 2.32. The molecule has 1 aromatic rings. The number of nitrogens with one attached hydrogen (secondary N) is 2. The molecule has 1 atom stereocenters. The van der Waals surface area contributed by atoms with Crippen LogP contribution >= 0.6 is 11.8 Å². The highest BCUT2D eigenvalue weighted by atomic mass is 32.2. The zero-order valence-electron chi connectivity index (χ0n) is 12.6. The van der Waals surface area contributed by atoms with Gasteiger partial charge in [0.15, 0.2) is 5.17 Å². The van der Waals surface area contributed by atoms with Crippen LogP contribution in [0.5, 0.6) is 0 Å². The lowest BCUT2D eigenvalue weighted by atomic mass is 10.2. The number of carboxylic acid groups (broad SMARTS) is 1. The van der Waals surface area contributed by atoms with Crippen molar-refractivity contribution >= 4 is 40.9 Å². The first-order valence-corrected chi connectivity index (χ1v) is 8.04. The molecule has 8 nitrogen and oxygen atoms in total. The average Bonchev–Trinajstić information content (AvgIpc) is 2.88. The highest BCUT2D eigenvalue weighted by molar-refractivity contribution is 8.15. The summed E-state index contributed by atoms with van der Waals surface area (Å²) in [4.78, 5) is 33.8. The predicted octanol–water partition coefficient (Wildman–Crippen LogP) is 0.589. The van der Waals surface area contributed by atoms with Crippen LogP contribution in [0.4, 0.5) is 0 Å². The van der Waals surface area contributed by atoms with Gasteiger partial charge in [0, 0.05) is 13.0 Å². The SMILES string of the molecule is O=C(O)CCNC(=O)CC1S/C(=N/N=C/c2ccccc2)NC1=O. The minimum atomic E-state index is -0.992. The lowest BCUT2D eigenvalue weighted by Gasteiger charge is -2.05. The van der Waals surface area contributed by atoms with Crippen molar-refractivity contribution in [2.75, 3.05) is 6.54 Å². The van der Waals surface area contributed by atoms with E-state index in [1.807, 2.05) is 30.3 Å². The predicted molar refractivity (Wildman–Crippen MR) is 90.9 cm³/mol. The Morgan fingerprint density at radius 2 is 2.08 bits per heavy atom. The maximum atomic E-state index is 11.8. The summed E-state index contributed by atoms with van der Waals surface area (Å²) in [6.45, 7) is 0.0372. The second-order valence-electron chi connectivity index (χ2n) is 4.85.